The molecule has 0 radical (unpaired) electrons. The van der Waals surface area contributed by atoms with Crippen molar-refractivity contribution in [2.24, 2.45) is 0 Å². The molecule has 1 fully saturated rings. The van der Waals surface area contributed by atoms with Crippen LogP contribution < -0.4 is 5.32 Å². The van der Waals surface area contributed by atoms with Gasteiger partial charge in [-0.05, 0) is 25.0 Å². The van der Waals surface area contributed by atoms with Crippen molar-refractivity contribution in [2.45, 2.75) is 19.4 Å². The van der Waals surface area contributed by atoms with E-state index in [9.17, 15) is 0 Å². The van der Waals surface area contributed by atoms with Gasteiger partial charge in [0.25, 0.3) is 0 Å². The molecule has 3 rings (SSSR count). The molecule has 2 N–H and O–H groups in total. The first-order chi connectivity index (χ1) is 9.81. The molecule has 122 valence electrons. The second-order valence-corrected chi connectivity index (χ2v) is 5.54. The summed E-state index contributed by atoms with van der Waals surface area (Å²) in [6.45, 7) is 10.5. The van der Waals surface area contributed by atoms with Crippen molar-refractivity contribution in [3.05, 3.63) is 48.2 Å². The minimum Gasteiger partial charge on any atom is -0.358 e. The molecule has 2 aromatic rings. The highest BCUT2D eigenvalue weighted by Gasteiger charge is 2.25. The number of fused-ring (bicyclic) bond motifs is 1. The second-order valence-electron chi connectivity index (χ2n) is 5.54. The molecule has 1 saturated heterocycles. The summed E-state index contributed by atoms with van der Waals surface area (Å²) in [5.41, 5.74) is 3.98. The maximum absolute atomic E-state index is 3.96. The largest absolute Gasteiger partial charge is 0.358 e. The van der Waals surface area contributed by atoms with Crippen LogP contribution in [0.15, 0.2) is 36.9 Å². The van der Waals surface area contributed by atoms with Gasteiger partial charge in [-0.1, -0.05) is 24.3 Å². The molecule has 0 saturated carbocycles. The monoisotopic (exact) mass is 341 g/mol. The number of H-pyrrole nitrogens is 1. The first-order valence-electron chi connectivity index (χ1n) is 7.44. The maximum atomic E-state index is 3.96. The van der Waals surface area contributed by atoms with E-state index in [0.29, 0.717) is 6.04 Å². The van der Waals surface area contributed by atoms with Crippen LogP contribution in [0.4, 0.5) is 0 Å². The predicted molar refractivity (Wildman–Crippen MR) is 99.5 cm³/mol. The van der Waals surface area contributed by atoms with Crippen LogP contribution >= 0.6 is 24.8 Å². The second kappa shape index (κ2) is 8.59. The van der Waals surface area contributed by atoms with Crippen molar-refractivity contribution >= 4 is 35.7 Å². The van der Waals surface area contributed by atoms with Gasteiger partial charge in [0.15, 0.2) is 0 Å². The fourth-order valence-electron chi connectivity index (χ4n) is 3.33. The molecule has 0 spiro atoms. The molecule has 0 bridgehead atoms. The standard InChI is InChI=1S/C17H23N3.2ClH/c1-3-6-16(20-11-9-18-10-12-20)17-13(2)19-15-8-5-4-7-14(15)17;;/h3-5,7-8,16,18-19H,1,6,9-12H2,2H3;2*1H/t16-;;/m1../s1. The summed E-state index contributed by atoms with van der Waals surface area (Å²) in [5.74, 6) is 0. The number of rotatable bonds is 4. The van der Waals surface area contributed by atoms with Gasteiger partial charge >= 0.3 is 0 Å². The molecule has 1 atom stereocenters. The molecule has 3 nitrogen and oxygen atoms in total. The van der Waals surface area contributed by atoms with Gasteiger partial charge < -0.3 is 10.3 Å². The van der Waals surface area contributed by atoms with Crippen LogP contribution in [-0.2, 0) is 0 Å². The Kier molecular flexibility index (Phi) is 7.43. The maximum Gasteiger partial charge on any atom is 0.0459 e. The van der Waals surface area contributed by atoms with E-state index in [4.69, 9.17) is 0 Å². The van der Waals surface area contributed by atoms with Gasteiger partial charge in [0.1, 0.15) is 0 Å². The van der Waals surface area contributed by atoms with Crippen LogP contribution in [0.2, 0.25) is 0 Å². The number of piperazine rings is 1. The van der Waals surface area contributed by atoms with Crippen molar-refractivity contribution in [3.8, 4) is 0 Å². The van der Waals surface area contributed by atoms with Crippen LogP contribution in [0.1, 0.15) is 23.7 Å². The third kappa shape index (κ3) is 3.66. The van der Waals surface area contributed by atoms with E-state index in [1.54, 1.807) is 0 Å². The number of hydrogen-bond donors (Lipinski definition) is 2. The van der Waals surface area contributed by atoms with Crippen molar-refractivity contribution in [1.29, 1.82) is 0 Å². The van der Waals surface area contributed by atoms with Crippen molar-refractivity contribution in [2.75, 3.05) is 26.2 Å². The Morgan fingerprint density at radius 1 is 1.23 bits per heavy atom. The number of nitrogens with one attached hydrogen (secondary N) is 2. The van der Waals surface area contributed by atoms with E-state index in [-0.39, 0.29) is 24.8 Å². The summed E-state index contributed by atoms with van der Waals surface area (Å²) in [6, 6.07) is 9.05. The van der Waals surface area contributed by atoms with Crippen LogP contribution in [0.5, 0.6) is 0 Å². The Hall–Kier alpha value is -1.000. The Morgan fingerprint density at radius 3 is 2.59 bits per heavy atom. The Balaban J connectivity index is 0.00000121. The van der Waals surface area contributed by atoms with E-state index < -0.39 is 0 Å². The summed E-state index contributed by atoms with van der Waals surface area (Å²) >= 11 is 0. The number of nitrogens with zero attached hydrogens (tertiary/aromatic N) is 1. The topological polar surface area (TPSA) is 31.1 Å². The number of para-hydroxylation sites is 1. The summed E-state index contributed by atoms with van der Waals surface area (Å²) in [4.78, 5) is 6.11. The minimum absolute atomic E-state index is 0. The molecule has 0 unspecified atom stereocenters. The van der Waals surface area contributed by atoms with Gasteiger partial charge in [-0.25, -0.2) is 0 Å². The summed E-state index contributed by atoms with van der Waals surface area (Å²) in [5, 5.41) is 4.79. The predicted octanol–water partition coefficient (Wildman–Crippen LogP) is 3.84. The van der Waals surface area contributed by atoms with Gasteiger partial charge in [0.2, 0.25) is 0 Å². The normalized spacial score (nSPS) is 16.6. The molecule has 1 aliphatic heterocycles. The Morgan fingerprint density at radius 2 is 1.91 bits per heavy atom. The Labute approximate surface area is 145 Å². The average molecular weight is 342 g/mol. The number of halogens is 2. The molecule has 1 aliphatic rings. The number of aryl methyl sites for hydroxylation is 1. The first-order valence-corrected chi connectivity index (χ1v) is 7.44. The highest BCUT2D eigenvalue weighted by atomic mass is 35.5. The SMILES string of the molecule is C=CC[C@H](c1c(C)[nH]c2ccccc12)N1CCNCC1.Cl.Cl. The fraction of sp³-hybridized carbons (Fsp3) is 0.412. The Bertz CT molecular complexity index is 603. The summed E-state index contributed by atoms with van der Waals surface area (Å²) < 4.78 is 0. The summed E-state index contributed by atoms with van der Waals surface area (Å²) in [7, 11) is 0. The van der Waals surface area contributed by atoms with Crippen molar-refractivity contribution < 1.29 is 0 Å². The lowest BCUT2D eigenvalue weighted by molar-refractivity contribution is 0.175. The van der Waals surface area contributed by atoms with Crippen molar-refractivity contribution in [1.82, 2.24) is 15.2 Å². The minimum atomic E-state index is 0. The highest BCUT2D eigenvalue weighted by Crippen LogP contribution is 2.33. The third-order valence-corrected chi connectivity index (χ3v) is 4.26. The quantitative estimate of drug-likeness (QED) is 0.827. The zero-order valence-electron chi connectivity index (χ0n) is 13.0. The zero-order valence-corrected chi connectivity index (χ0v) is 14.6. The smallest absolute Gasteiger partial charge is 0.0459 e. The van der Waals surface area contributed by atoms with E-state index in [1.165, 1.54) is 22.2 Å². The molecule has 2 heterocycles. The number of aromatic nitrogens is 1. The molecule has 22 heavy (non-hydrogen) atoms. The molecular weight excluding hydrogens is 317 g/mol. The van der Waals surface area contributed by atoms with Gasteiger partial charge in [0, 0.05) is 48.8 Å². The molecule has 0 amide bonds. The summed E-state index contributed by atoms with van der Waals surface area (Å²) in [6.07, 6.45) is 3.05. The lowest BCUT2D eigenvalue weighted by atomic mass is 9.98. The van der Waals surface area contributed by atoms with Gasteiger partial charge in [-0.3, -0.25) is 4.90 Å². The number of aromatic amines is 1. The van der Waals surface area contributed by atoms with Gasteiger partial charge in [-0.2, -0.15) is 0 Å². The third-order valence-electron chi connectivity index (χ3n) is 4.26. The van der Waals surface area contributed by atoms with Crippen molar-refractivity contribution in [3.63, 3.8) is 0 Å². The zero-order chi connectivity index (χ0) is 13.9. The molecule has 5 heteroatoms. The van der Waals surface area contributed by atoms with E-state index in [1.807, 2.05) is 6.08 Å². The van der Waals surface area contributed by atoms with Crippen LogP contribution in [0, 0.1) is 6.92 Å². The fourth-order valence-corrected chi connectivity index (χ4v) is 3.33. The number of benzene rings is 1. The molecule has 0 aliphatic carbocycles. The number of hydrogen-bond acceptors (Lipinski definition) is 2. The highest BCUT2D eigenvalue weighted by molar-refractivity contribution is 5.86. The van der Waals surface area contributed by atoms with E-state index >= 15 is 0 Å². The lowest BCUT2D eigenvalue weighted by Crippen LogP contribution is -2.45. The van der Waals surface area contributed by atoms with E-state index in [2.05, 4.69) is 53.0 Å². The molecular formula is C17H25Cl2N3. The van der Waals surface area contributed by atoms with Crippen LogP contribution in [0.3, 0.4) is 0 Å². The molecule has 1 aromatic carbocycles. The van der Waals surface area contributed by atoms with Gasteiger partial charge in [-0.15, -0.1) is 31.4 Å². The molecule has 1 aromatic heterocycles. The average Bonchev–Trinajstić information content (AvgIpc) is 2.82. The first kappa shape index (κ1) is 19.0. The van der Waals surface area contributed by atoms with Crippen LogP contribution in [-0.4, -0.2) is 36.1 Å². The van der Waals surface area contributed by atoms with E-state index in [0.717, 1.165) is 32.6 Å². The van der Waals surface area contributed by atoms with Gasteiger partial charge in [0.05, 0.1) is 0 Å². The van der Waals surface area contributed by atoms with Crippen LogP contribution in [0.25, 0.3) is 10.9 Å². The lowest BCUT2D eigenvalue weighted by Gasteiger charge is -2.35.